The van der Waals surface area contributed by atoms with Crippen molar-refractivity contribution in [2.75, 3.05) is 0 Å². The van der Waals surface area contributed by atoms with Crippen LogP contribution in [0.4, 0.5) is 0 Å². The van der Waals surface area contributed by atoms with E-state index < -0.39 is 23.2 Å². The second-order valence-corrected chi connectivity index (χ2v) is 13.0. The van der Waals surface area contributed by atoms with Gasteiger partial charge in [-0.15, -0.1) is 0 Å². The number of hydrogen-bond acceptors (Lipinski definition) is 4. The average Bonchev–Trinajstić information content (AvgIpc) is 3.07. The van der Waals surface area contributed by atoms with Crippen LogP contribution in [0, 0.1) is 52.3 Å². The Kier molecular flexibility index (Phi) is 6.26. The van der Waals surface area contributed by atoms with Crippen LogP contribution in [0.5, 0.6) is 0 Å². The SMILES string of the molecule is CC(C)[C@H](C)/C=C/[C@](C)(O)[C@H]1CC[C@H]2[C@@H]3[C@H](O)C[C@H]4CC(=O)CC[C@]4(C)[C@H]3C[C@@H](O)[C@@]21C. The quantitative estimate of drug-likeness (QED) is 0.544. The zero-order chi connectivity index (χ0) is 23.6. The highest BCUT2D eigenvalue weighted by Gasteiger charge is 2.67. The van der Waals surface area contributed by atoms with Crippen LogP contribution in [-0.2, 0) is 4.79 Å². The van der Waals surface area contributed by atoms with E-state index in [0.717, 1.165) is 19.3 Å². The van der Waals surface area contributed by atoms with Gasteiger partial charge in [-0.1, -0.05) is 46.8 Å². The van der Waals surface area contributed by atoms with Crippen LogP contribution in [-0.4, -0.2) is 38.9 Å². The van der Waals surface area contributed by atoms with Gasteiger partial charge in [0.1, 0.15) is 5.78 Å². The molecular weight excluding hydrogens is 400 g/mol. The standard InChI is InChI=1S/C28H46O4/c1-16(2)17(3)9-12-27(5,32)23-8-7-20-25-21(15-24(31)28(20,23)6)26(4)11-10-19(29)13-18(26)14-22(25)30/h9,12,16-18,20-25,30-32H,7-8,10-11,13-15H2,1-6H3/b12-9+/t17-,18-,20+,21+,22-,23-,24-,25+,26+,27+,28+/m1/s1. The first-order valence-electron chi connectivity index (χ1n) is 13.1. The lowest BCUT2D eigenvalue weighted by Crippen LogP contribution is -2.63. The van der Waals surface area contributed by atoms with E-state index in [9.17, 15) is 20.1 Å². The molecule has 4 heteroatoms. The number of allylic oxidation sites excluding steroid dienone is 1. The number of ketones is 1. The predicted molar refractivity (Wildman–Crippen MR) is 127 cm³/mol. The van der Waals surface area contributed by atoms with Crippen LogP contribution in [0.1, 0.15) is 86.5 Å². The highest BCUT2D eigenvalue weighted by molar-refractivity contribution is 5.79. The molecule has 32 heavy (non-hydrogen) atoms. The van der Waals surface area contributed by atoms with Gasteiger partial charge in [0.15, 0.2) is 0 Å². The number of carbonyl (C=O) groups excluding carboxylic acids is 1. The number of fused-ring (bicyclic) bond motifs is 5. The number of rotatable bonds is 4. The molecule has 0 aromatic rings. The lowest BCUT2D eigenvalue weighted by atomic mass is 9.43. The molecule has 11 atom stereocenters. The zero-order valence-electron chi connectivity index (χ0n) is 21.1. The van der Waals surface area contributed by atoms with E-state index >= 15 is 0 Å². The fourth-order valence-electron chi connectivity index (χ4n) is 8.61. The molecule has 0 spiro atoms. The van der Waals surface area contributed by atoms with Gasteiger partial charge >= 0.3 is 0 Å². The Morgan fingerprint density at radius 2 is 1.78 bits per heavy atom. The van der Waals surface area contributed by atoms with Gasteiger partial charge in [-0.25, -0.2) is 0 Å². The topological polar surface area (TPSA) is 77.8 Å². The number of hydrogen-bond donors (Lipinski definition) is 3. The highest BCUT2D eigenvalue weighted by Crippen LogP contribution is 2.68. The lowest BCUT2D eigenvalue weighted by Gasteiger charge is -2.63. The molecule has 4 rings (SSSR count). The monoisotopic (exact) mass is 446 g/mol. The summed E-state index contributed by atoms with van der Waals surface area (Å²) in [5.41, 5.74) is -1.37. The Morgan fingerprint density at radius 3 is 2.44 bits per heavy atom. The van der Waals surface area contributed by atoms with Gasteiger partial charge in [-0.3, -0.25) is 4.79 Å². The molecule has 4 aliphatic rings. The van der Waals surface area contributed by atoms with Crippen LogP contribution in [0.3, 0.4) is 0 Å². The first-order valence-corrected chi connectivity index (χ1v) is 13.1. The largest absolute Gasteiger partial charge is 0.393 e. The second kappa shape index (κ2) is 8.20. The van der Waals surface area contributed by atoms with Gasteiger partial charge in [0.25, 0.3) is 0 Å². The smallest absolute Gasteiger partial charge is 0.133 e. The number of aliphatic hydroxyl groups is 3. The summed E-state index contributed by atoms with van der Waals surface area (Å²) in [5, 5.41) is 34.6. The fraction of sp³-hybridized carbons (Fsp3) is 0.893. The molecule has 3 N–H and O–H groups in total. The first kappa shape index (κ1) is 24.4. The minimum Gasteiger partial charge on any atom is -0.393 e. The number of aliphatic hydroxyl groups excluding tert-OH is 2. The number of Topliss-reactive ketones (excluding diaryl/α,β-unsaturated/α-hetero) is 1. The van der Waals surface area contributed by atoms with Crippen LogP contribution in [0.15, 0.2) is 12.2 Å². The van der Waals surface area contributed by atoms with E-state index in [0.29, 0.717) is 43.3 Å². The van der Waals surface area contributed by atoms with E-state index in [2.05, 4.69) is 40.7 Å². The van der Waals surface area contributed by atoms with E-state index in [1.807, 2.05) is 13.0 Å². The molecule has 4 saturated carbocycles. The van der Waals surface area contributed by atoms with Crippen LogP contribution in [0.25, 0.3) is 0 Å². The molecule has 0 aliphatic heterocycles. The molecule has 0 unspecified atom stereocenters. The minimum absolute atomic E-state index is 0.0212. The molecule has 4 nitrogen and oxygen atoms in total. The van der Waals surface area contributed by atoms with Gasteiger partial charge in [-0.2, -0.15) is 0 Å². The Hall–Kier alpha value is -0.710. The van der Waals surface area contributed by atoms with E-state index in [1.165, 1.54) is 0 Å². The average molecular weight is 447 g/mol. The predicted octanol–water partition coefficient (Wildman–Crippen LogP) is 4.76. The van der Waals surface area contributed by atoms with E-state index in [1.54, 1.807) is 0 Å². The summed E-state index contributed by atoms with van der Waals surface area (Å²) in [6.45, 7) is 13.0. The third kappa shape index (κ3) is 3.64. The first-order chi connectivity index (χ1) is 14.8. The van der Waals surface area contributed by atoms with Gasteiger partial charge in [0, 0.05) is 18.3 Å². The summed E-state index contributed by atoms with van der Waals surface area (Å²) in [5.74, 6) is 2.04. The maximum atomic E-state index is 12.2. The van der Waals surface area contributed by atoms with Crippen molar-refractivity contribution in [3.63, 3.8) is 0 Å². The van der Waals surface area contributed by atoms with Crippen molar-refractivity contribution in [1.29, 1.82) is 0 Å². The van der Waals surface area contributed by atoms with Gasteiger partial charge in [0.2, 0.25) is 0 Å². The van der Waals surface area contributed by atoms with Crippen LogP contribution < -0.4 is 0 Å². The van der Waals surface area contributed by atoms with Crippen molar-refractivity contribution in [3.8, 4) is 0 Å². The zero-order valence-corrected chi connectivity index (χ0v) is 21.1. The summed E-state index contributed by atoms with van der Waals surface area (Å²) in [4.78, 5) is 12.2. The third-order valence-corrected chi connectivity index (χ3v) is 11.1. The van der Waals surface area contributed by atoms with E-state index in [4.69, 9.17) is 0 Å². The molecular formula is C28H46O4. The molecule has 4 aliphatic carbocycles. The molecule has 0 aromatic heterocycles. The van der Waals surface area contributed by atoms with Gasteiger partial charge in [0.05, 0.1) is 17.8 Å². The molecule has 0 heterocycles. The molecule has 0 bridgehead atoms. The van der Waals surface area contributed by atoms with Crippen molar-refractivity contribution >= 4 is 5.78 Å². The van der Waals surface area contributed by atoms with Crippen molar-refractivity contribution in [1.82, 2.24) is 0 Å². The Labute approximate surface area is 194 Å². The van der Waals surface area contributed by atoms with Gasteiger partial charge < -0.3 is 15.3 Å². The van der Waals surface area contributed by atoms with Crippen molar-refractivity contribution in [2.24, 2.45) is 52.3 Å². The molecule has 182 valence electrons. The molecule has 0 radical (unpaired) electrons. The van der Waals surface area contributed by atoms with Crippen molar-refractivity contribution in [3.05, 3.63) is 12.2 Å². The lowest BCUT2D eigenvalue weighted by molar-refractivity contribution is -0.207. The summed E-state index contributed by atoms with van der Waals surface area (Å²) in [6, 6.07) is 0. The fourth-order valence-corrected chi connectivity index (χ4v) is 8.61. The minimum atomic E-state index is -0.982. The van der Waals surface area contributed by atoms with Gasteiger partial charge in [-0.05, 0) is 85.9 Å². The molecule has 4 fully saturated rings. The van der Waals surface area contributed by atoms with Crippen molar-refractivity contribution in [2.45, 2.75) is 104 Å². The third-order valence-electron chi connectivity index (χ3n) is 11.1. The van der Waals surface area contributed by atoms with Crippen molar-refractivity contribution < 1.29 is 20.1 Å². The van der Waals surface area contributed by atoms with Crippen LogP contribution in [0.2, 0.25) is 0 Å². The summed E-state index contributed by atoms with van der Waals surface area (Å²) in [6.07, 6.45) is 8.52. The maximum absolute atomic E-state index is 12.2. The Bertz CT molecular complexity index is 757. The molecule has 0 amide bonds. The molecule has 0 saturated heterocycles. The summed E-state index contributed by atoms with van der Waals surface area (Å²) >= 11 is 0. The summed E-state index contributed by atoms with van der Waals surface area (Å²) < 4.78 is 0. The Morgan fingerprint density at radius 1 is 1.09 bits per heavy atom. The number of carbonyl (C=O) groups is 1. The van der Waals surface area contributed by atoms with E-state index in [-0.39, 0.29) is 35.0 Å². The maximum Gasteiger partial charge on any atom is 0.133 e. The van der Waals surface area contributed by atoms with Crippen LogP contribution >= 0.6 is 0 Å². The second-order valence-electron chi connectivity index (χ2n) is 13.0. The summed E-state index contributed by atoms with van der Waals surface area (Å²) in [7, 11) is 0. The Balaban J connectivity index is 1.64. The highest BCUT2D eigenvalue weighted by atomic mass is 16.3. The normalized spacial score (nSPS) is 49.4. The molecule has 0 aromatic carbocycles.